The zero-order valence-electron chi connectivity index (χ0n) is 25.4. The maximum atomic E-state index is 14.6. The highest BCUT2D eigenvalue weighted by molar-refractivity contribution is 14.1. The maximum absolute atomic E-state index is 14.6. The minimum Gasteiger partial charge on any atom is -0.352 e. The van der Waals surface area contributed by atoms with Crippen LogP contribution in [0.25, 0.3) is 0 Å². The summed E-state index contributed by atoms with van der Waals surface area (Å²) < 4.78 is 31.1. The molecule has 4 aromatic rings. The number of sulfonamides is 1. The summed E-state index contributed by atoms with van der Waals surface area (Å²) in [4.78, 5) is 30.4. The minimum absolute atomic E-state index is 0.0455. The number of halogens is 2. The lowest BCUT2D eigenvalue weighted by molar-refractivity contribution is -0.140. The largest absolute Gasteiger partial charge is 0.352 e. The number of hydrogen-bond acceptors (Lipinski definition) is 4. The van der Waals surface area contributed by atoms with E-state index in [0.29, 0.717) is 5.69 Å². The Hall–Kier alpha value is -3.22. The van der Waals surface area contributed by atoms with Crippen molar-refractivity contribution in [3.05, 3.63) is 128 Å². The molecule has 2 amide bonds. The van der Waals surface area contributed by atoms with Crippen molar-refractivity contribution in [3.63, 3.8) is 0 Å². The van der Waals surface area contributed by atoms with Crippen molar-refractivity contribution < 1.29 is 18.0 Å². The lowest BCUT2D eigenvalue weighted by Crippen LogP contribution is -2.55. The number of carbonyl (C=O) groups excluding carboxylic acids is 2. The van der Waals surface area contributed by atoms with Crippen LogP contribution in [0.1, 0.15) is 43.2 Å². The highest BCUT2D eigenvalue weighted by Gasteiger charge is 2.35. The second-order valence-corrected chi connectivity index (χ2v) is 15.5. The first-order valence-corrected chi connectivity index (χ1v) is 18.7. The smallest absolute Gasteiger partial charge is 0.264 e. The van der Waals surface area contributed by atoms with Gasteiger partial charge in [0.2, 0.25) is 11.8 Å². The molecule has 0 aliphatic heterocycles. The van der Waals surface area contributed by atoms with Crippen molar-refractivity contribution in [2.75, 3.05) is 10.8 Å². The Morgan fingerprint density at radius 2 is 1.46 bits per heavy atom. The van der Waals surface area contributed by atoms with Crippen LogP contribution in [0, 0.1) is 3.57 Å². The second kappa shape index (κ2) is 16.1. The fraction of sp³-hybridized carbons (Fsp3) is 0.278. The van der Waals surface area contributed by atoms with E-state index in [1.807, 2.05) is 66.7 Å². The number of hydrogen-bond donors (Lipinski definition) is 1. The van der Waals surface area contributed by atoms with Crippen molar-refractivity contribution in [1.29, 1.82) is 0 Å². The van der Waals surface area contributed by atoms with E-state index in [4.69, 9.17) is 0 Å². The van der Waals surface area contributed by atoms with Gasteiger partial charge in [0.15, 0.2) is 0 Å². The molecule has 1 fully saturated rings. The van der Waals surface area contributed by atoms with E-state index in [-0.39, 0.29) is 29.8 Å². The van der Waals surface area contributed by atoms with Crippen LogP contribution >= 0.6 is 38.5 Å². The van der Waals surface area contributed by atoms with E-state index >= 15 is 0 Å². The number of benzene rings is 4. The summed E-state index contributed by atoms with van der Waals surface area (Å²) in [5, 5.41) is 3.24. The first-order chi connectivity index (χ1) is 22.2. The first kappa shape index (κ1) is 34.1. The summed E-state index contributed by atoms with van der Waals surface area (Å²) >= 11 is 5.69. The van der Waals surface area contributed by atoms with Crippen LogP contribution in [0.5, 0.6) is 0 Å². The SMILES string of the molecule is O=C(NC1CCCCC1)[C@@H](Cc1ccccc1)N(Cc1cccc(Br)c1)C(=O)CN(c1ccc(I)cc1)S(=O)(=O)c1ccccc1. The summed E-state index contributed by atoms with van der Waals surface area (Å²) in [6.07, 6.45) is 5.35. The van der Waals surface area contributed by atoms with Gasteiger partial charge >= 0.3 is 0 Å². The average molecular weight is 815 g/mol. The van der Waals surface area contributed by atoms with Gasteiger partial charge in [-0.3, -0.25) is 13.9 Å². The van der Waals surface area contributed by atoms with Crippen LogP contribution in [0.2, 0.25) is 0 Å². The molecule has 0 spiro atoms. The van der Waals surface area contributed by atoms with Crippen molar-refractivity contribution in [3.8, 4) is 0 Å². The Balaban J connectivity index is 1.55. The number of carbonyl (C=O) groups is 2. The molecular formula is C36H37BrIN3O4S. The Bertz CT molecular complexity index is 1720. The molecule has 240 valence electrons. The molecule has 0 bridgehead atoms. The Morgan fingerprint density at radius 3 is 2.11 bits per heavy atom. The van der Waals surface area contributed by atoms with Crippen LogP contribution in [0.3, 0.4) is 0 Å². The molecule has 1 N–H and O–H groups in total. The summed E-state index contributed by atoms with van der Waals surface area (Å²) in [5.74, 6) is -0.705. The monoisotopic (exact) mass is 813 g/mol. The van der Waals surface area contributed by atoms with Gasteiger partial charge in [0.05, 0.1) is 10.6 Å². The molecule has 0 unspecified atom stereocenters. The molecule has 0 saturated heterocycles. The van der Waals surface area contributed by atoms with E-state index in [0.717, 1.165) is 55.6 Å². The van der Waals surface area contributed by atoms with Crippen molar-refractivity contribution in [2.24, 2.45) is 0 Å². The predicted octanol–water partition coefficient (Wildman–Crippen LogP) is 7.34. The third kappa shape index (κ3) is 8.98. The molecule has 46 heavy (non-hydrogen) atoms. The van der Waals surface area contributed by atoms with Gasteiger partial charge in [-0.05, 0) is 95.1 Å². The number of nitrogens with one attached hydrogen (secondary N) is 1. The van der Waals surface area contributed by atoms with Gasteiger partial charge in [-0.1, -0.05) is 95.9 Å². The minimum atomic E-state index is -4.13. The molecule has 1 aliphatic carbocycles. The van der Waals surface area contributed by atoms with Crippen LogP contribution in [0.4, 0.5) is 5.69 Å². The molecule has 0 heterocycles. The van der Waals surface area contributed by atoms with E-state index in [1.165, 1.54) is 12.1 Å². The third-order valence-corrected chi connectivity index (χ3v) is 11.2. The average Bonchev–Trinajstić information content (AvgIpc) is 3.07. The number of nitrogens with zero attached hydrogens (tertiary/aromatic N) is 2. The Kier molecular flexibility index (Phi) is 11.9. The summed E-state index contributed by atoms with van der Waals surface area (Å²) in [6, 6.07) is 31.5. The summed E-state index contributed by atoms with van der Waals surface area (Å²) in [6.45, 7) is -0.354. The van der Waals surface area contributed by atoms with Crippen LogP contribution < -0.4 is 9.62 Å². The van der Waals surface area contributed by atoms with Gasteiger partial charge in [0, 0.05) is 27.1 Å². The fourth-order valence-electron chi connectivity index (χ4n) is 5.79. The molecule has 1 atom stereocenters. The third-order valence-electron chi connectivity index (χ3n) is 8.19. The van der Waals surface area contributed by atoms with Crippen molar-refractivity contribution in [1.82, 2.24) is 10.2 Å². The van der Waals surface area contributed by atoms with Gasteiger partial charge in [-0.25, -0.2) is 8.42 Å². The van der Waals surface area contributed by atoms with Crippen molar-refractivity contribution >= 4 is 66.0 Å². The normalized spacial score (nSPS) is 14.3. The first-order valence-electron chi connectivity index (χ1n) is 15.4. The fourth-order valence-corrected chi connectivity index (χ4v) is 8.03. The highest BCUT2D eigenvalue weighted by Crippen LogP contribution is 2.26. The molecule has 0 radical (unpaired) electrons. The van der Waals surface area contributed by atoms with Gasteiger partial charge < -0.3 is 10.2 Å². The van der Waals surface area contributed by atoms with Crippen LogP contribution in [-0.2, 0) is 32.6 Å². The number of amides is 2. The zero-order chi connectivity index (χ0) is 32.5. The topological polar surface area (TPSA) is 86.8 Å². The number of rotatable bonds is 12. The molecule has 1 saturated carbocycles. The lowest BCUT2D eigenvalue weighted by atomic mass is 9.94. The van der Waals surface area contributed by atoms with E-state index in [9.17, 15) is 18.0 Å². The standard InChI is InChI=1S/C36H37BrIN3O4S/c37-29-14-10-13-28(23-29)25-40(34(24-27-11-4-1-5-12-27)36(43)39-31-15-6-2-7-16-31)35(42)26-41(32-21-19-30(38)20-22-32)46(44,45)33-17-8-3-9-18-33/h1,3-5,8-14,17-23,31,34H,2,6-7,15-16,24-26H2,(H,39,43)/t34-/m1/s1. The summed E-state index contributed by atoms with van der Waals surface area (Å²) in [5.41, 5.74) is 2.09. The van der Waals surface area contributed by atoms with Crippen molar-refractivity contribution in [2.45, 2.75) is 62.0 Å². The van der Waals surface area contributed by atoms with E-state index in [2.05, 4.69) is 43.8 Å². The second-order valence-electron chi connectivity index (χ2n) is 11.5. The van der Waals surface area contributed by atoms with Gasteiger partial charge in [0.1, 0.15) is 12.6 Å². The molecular weight excluding hydrogens is 777 g/mol. The lowest BCUT2D eigenvalue weighted by Gasteiger charge is -2.35. The van der Waals surface area contributed by atoms with Crippen LogP contribution in [0.15, 0.2) is 119 Å². The number of anilines is 1. The molecule has 4 aromatic carbocycles. The van der Waals surface area contributed by atoms with Gasteiger partial charge in [-0.15, -0.1) is 0 Å². The molecule has 7 nitrogen and oxygen atoms in total. The Morgan fingerprint density at radius 1 is 0.826 bits per heavy atom. The summed E-state index contributed by atoms with van der Waals surface area (Å²) in [7, 11) is -4.13. The molecule has 1 aliphatic rings. The molecule has 10 heteroatoms. The van der Waals surface area contributed by atoms with Gasteiger partial charge in [-0.2, -0.15) is 0 Å². The maximum Gasteiger partial charge on any atom is 0.264 e. The Labute approximate surface area is 293 Å². The van der Waals surface area contributed by atoms with E-state index < -0.39 is 28.5 Å². The van der Waals surface area contributed by atoms with E-state index in [1.54, 1.807) is 35.2 Å². The quantitative estimate of drug-likeness (QED) is 0.152. The molecule has 5 rings (SSSR count). The van der Waals surface area contributed by atoms with Gasteiger partial charge in [0.25, 0.3) is 10.0 Å². The zero-order valence-corrected chi connectivity index (χ0v) is 30.0. The van der Waals surface area contributed by atoms with Crippen LogP contribution in [-0.4, -0.2) is 43.8 Å². The molecule has 0 aromatic heterocycles. The predicted molar refractivity (Wildman–Crippen MR) is 194 cm³/mol. The highest BCUT2D eigenvalue weighted by atomic mass is 127.